The van der Waals surface area contributed by atoms with Crippen LogP contribution in [0.1, 0.15) is 74.9 Å². The van der Waals surface area contributed by atoms with Crippen molar-refractivity contribution in [2.75, 3.05) is 11.9 Å². The van der Waals surface area contributed by atoms with Gasteiger partial charge in [0.15, 0.2) is 6.61 Å². The molecule has 1 aliphatic carbocycles. The summed E-state index contributed by atoms with van der Waals surface area (Å²) in [6.45, 7) is 11.1. The smallest absolute Gasteiger partial charge is 0.262 e. The first-order valence-electron chi connectivity index (χ1n) is 10.8. The molecule has 1 heterocycles. The first-order chi connectivity index (χ1) is 14.2. The Hall–Kier alpha value is -2.32. The van der Waals surface area contributed by atoms with Crippen molar-refractivity contribution >= 4 is 22.2 Å². The number of hydrogen-bond donors (Lipinski definition) is 1. The van der Waals surface area contributed by atoms with Gasteiger partial charge in [0.2, 0.25) is 0 Å². The van der Waals surface area contributed by atoms with Crippen molar-refractivity contribution in [1.82, 2.24) is 0 Å². The first kappa shape index (κ1) is 22.4. The highest BCUT2D eigenvalue weighted by molar-refractivity contribution is 7.16. The summed E-state index contributed by atoms with van der Waals surface area (Å²) in [6.07, 6.45) is 4.06. The van der Waals surface area contributed by atoms with Crippen molar-refractivity contribution in [2.45, 2.75) is 66.2 Å². The molecule has 0 aliphatic heterocycles. The molecule has 2 atom stereocenters. The lowest BCUT2D eigenvalue weighted by Crippen LogP contribution is -2.26. The van der Waals surface area contributed by atoms with Crippen LogP contribution < -0.4 is 10.1 Å². The molecule has 0 spiro atoms. The highest BCUT2D eigenvalue weighted by Crippen LogP contribution is 2.43. The summed E-state index contributed by atoms with van der Waals surface area (Å²) in [6, 6.07) is 10.2. The number of rotatable bonds is 6. The Morgan fingerprint density at radius 2 is 2.03 bits per heavy atom. The number of benzene rings is 1. The van der Waals surface area contributed by atoms with Gasteiger partial charge in [-0.1, -0.05) is 46.8 Å². The van der Waals surface area contributed by atoms with E-state index in [1.54, 1.807) is 11.3 Å². The maximum absolute atomic E-state index is 12.5. The SMILES string of the molecule is CC[C@@H](C)c1ccc(OCC(=O)Nc2sc3c(c2C#N)CC[C@@H](C(C)(C)C)C3)cc1. The van der Waals surface area contributed by atoms with Crippen molar-refractivity contribution in [1.29, 1.82) is 5.26 Å². The third-order valence-electron chi connectivity index (χ3n) is 6.29. The summed E-state index contributed by atoms with van der Waals surface area (Å²) in [7, 11) is 0. The summed E-state index contributed by atoms with van der Waals surface area (Å²) in [5.74, 6) is 1.55. The fraction of sp³-hybridized carbons (Fsp3) is 0.520. The van der Waals surface area contributed by atoms with Gasteiger partial charge in [-0.25, -0.2) is 0 Å². The van der Waals surface area contributed by atoms with E-state index >= 15 is 0 Å². The van der Waals surface area contributed by atoms with E-state index in [-0.39, 0.29) is 17.9 Å². The number of carbonyl (C=O) groups excluding carboxylic acids is 1. The summed E-state index contributed by atoms with van der Waals surface area (Å²) < 4.78 is 5.66. The highest BCUT2D eigenvalue weighted by Gasteiger charge is 2.32. The standard InChI is InChI=1S/C25H32N2O2S/c1-6-16(2)17-7-10-19(11-8-17)29-15-23(28)27-24-21(14-26)20-12-9-18(25(3,4)5)13-22(20)30-24/h7-8,10-11,16,18H,6,9,12-13,15H2,1-5H3,(H,27,28)/t16-,18-/m1/s1. The molecule has 0 saturated heterocycles. The zero-order valence-corrected chi connectivity index (χ0v) is 19.5. The number of amides is 1. The number of carbonyl (C=O) groups is 1. The largest absolute Gasteiger partial charge is 0.484 e. The maximum Gasteiger partial charge on any atom is 0.262 e. The second-order valence-electron chi connectivity index (χ2n) is 9.34. The minimum atomic E-state index is -0.233. The van der Waals surface area contributed by atoms with Crippen LogP contribution in [-0.4, -0.2) is 12.5 Å². The van der Waals surface area contributed by atoms with Gasteiger partial charge in [-0.05, 0) is 66.2 Å². The molecule has 1 aromatic carbocycles. The van der Waals surface area contributed by atoms with E-state index in [2.05, 4.69) is 46.0 Å². The molecule has 0 bridgehead atoms. The summed E-state index contributed by atoms with van der Waals surface area (Å²) >= 11 is 1.55. The average Bonchev–Trinajstić information content (AvgIpc) is 3.07. The topological polar surface area (TPSA) is 62.1 Å². The van der Waals surface area contributed by atoms with Crippen molar-refractivity contribution in [3.05, 3.63) is 45.8 Å². The highest BCUT2D eigenvalue weighted by atomic mass is 32.1. The van der Waals surface area contributed by atoms with Crippen LogP contribution in [0.4, 0.5) is 5.00 Å². The summed E-state index contributed by atoms with van der Waals surface area (Å²) in [5, 5.41) is 13.3. The quantitative estimate of drug-likeness (QED) is 0.592. The van der Waals surface area contributed by atoms with E-state index in [9.17, 15) is 10.1 Å². The van der Waals surface area contributed by atoms with Crippen LogP contribution in [0.2, 0.25) is 0 Å². The van der Waals surface area contributed by atoms with Crippen LogP contribution in [0.5, 0.6) is 5.75 Å². The van der Waals surface area contributed by atoms with Crippen molar-refractivity contribution in [3.8, 4) is 11.8 Å². The molecule has 4 nitrogen and oxygen atoms in total. The molecular formula is C25H32N2O2S. The second-order valence-corrected chi connectivity index (χ2v) is 10.4. The zero-order valence-electron chi connectivity index (χ0n) is 18.7. The van der Waals surface area contributed by atoms with Gasteiger partial charge >= 0.3 is 0 Å². The molecule has 0 radical (unpaired) electrons. The fourth-order valence-electron chi connectivity index (χ4n) is 3.97. The Balaban J connectivity index is 1.63. The Morgan fingerprint density at radius 1 is 1.33 bits per heavy atom. The number of thiophene rings is 1. The maximum atomic E-state index is 12.5. The van der Waals surface area contributed by atoms with Gasteiger partial charge in [-0.15, -0.1) is 11.3 Å². The molecular weight excluding hydrogens is 392 g/mol. The van der Waals surface area contributed by atoms with E-state index in [1.165, 1.54) is 10.4 Å². The van der Waals surface area contributed by atoms with Gasteiger partial charge in [0.1, 0.15) is 16.8 Å². The minimum absolute atomic E-state index is 0.0687. The zero-order chi connectivity index (χ0) is 21.9. The van der Waals surface area contributed by atoms with E-state index in [1.807, 2.05) is 24.3 Å². The molecule has 0 saturated carbocycles. The van der Waals surface area contributed by atoms with Crippen LogP contribution in [-0.2, 0) is 17.6 Å². The molecule has 160 valence electrons. The fourth-order valence-corrected chi connectivity index (χ4v) is 5.27. The summed E-state index contributed by atoms with van der Waals surface area (Å²) in [5.41, 5.74) is 3.27. The normalized spacial score (nSPS) is 17.0. The number of nitriles is 1. The Kier molecular flexibility index (Phi) is 6.88. The third-order valence-corrected chi connectivity index (χ3v) is 7.46. The van der Waals surface area contributed by atoms with Crippen molar-refractivity contribution in [3.63, 3.8) is 0 Å². The molecule has 0 fully saturated rings. The van der Waals surface area contributed by atoms with Gasteiger partial charge in [-0.3, -0.25) is 4.79 Å². The lowest BCUT2D eigenvalue weighted by molar-refractivity contribution is -0.118. The number of anilines is 1. The second kappa shape index (κ2) is 9.22. The lowest BCUT2D eigenvalue weighted by Gasteiger charge is -2.33. The van der Waals surface area contributed by atoms with Crippen LogP contribution in [0.25, 0.3) is 0 Å². The van der Waals surface area contributed by atoms with Crippen molar-refractivity contribution < 1.29 is 9.53 Å². The van der Waals surface area contributed by atoms with Gasteiger partial charge in [0, 0.05) is 4.88 Å². The Morgan fingerprint density at radius 3 is 2.63 bits per heavy atom. The van der Waals surface area contributed by atoms with E-state index in [0.29, 0.717) is 28.1 Å². The van der Waals surface area contributed by atoms with Gasteiger partial charge in [0.05, 0.1) is 5.56 Å². The third kappa shape index (κ3) is 5.05. The lowest BCUT2D eigenvalue weighted by atomic mass is 9.72. The molecule has 30 heavy (non-hydrogen) atoms. The van der Waals surface area contributed by atoms with Crippen LogP contribution in [0, 0.1) is 22.7 Å². The molecule has 0 unspecified atom stereocenters. The monoisotopic (exact) mass is 424 g/mol. The molecule has 2 aromatic rings. The summed E-state index contributed by atoms with van der Waals surface area (Å²) in [4.78, 5) is 13.7. The van der Waals surface area contributed by atoms with E-state index in [4.69, 9.17) is 4.74 Å². The van der Waals surface area contributed by atoms with Gasteiger partial charge in [0.25, 0.3) is 5.91 Å². The molecule has 3 rings (SSSR count). The number of nitrogens with one attached hydrogen (secondary N) is 1. The van der Waals surface area contributed by atoms with Crippen molar-refractivity contribution in [2.24, 2.45) is 11.3 Å². The number of nitrogens with zero attached hydrogens (tertiary/aromatic N) is 1. The van der Waals surface area contributed by atoms with E-state index in [0.717, 1.165) is 31.2 Å². The van der Waals surface area contributed by atoms with Crippen LogP contribution >= 0.6 is 11.3 Å². The van der Waals surface area contributed by atoms with Gasteiger partial charge < -0.3 is 10.1 Å². The Bertz CT molecular complexity index is 932. The predicted octanol–water partition coefficient (Wildman–Crippen LogP) is 6.30. The molecule has 1 amide bonds. The molecule has 1 N–H and O–H groups in total. The minimum Gasteiger partial charge on any atom is -0.484 e. The number of fused-ring (bicyclic) bond motifs is 1. The number of hydrogen-bond acceptors (Lipinski definition) is 4. The average molecular weight is 425 g/mol. The molecule has 1 aliphatic rings. The Labute approximate surface area is 184 Å². The predicted molar refractivity (Wildman–Crippen MR) is 123 cm³/mol. The van der Waals surface area contributed by atoms with E-state index < -0.39 is 0 Å². The molecule has 1 aromatic heterocycles. The van der Waals surface area contributed by atoms with Crippen LogP contribution in [0.15, 0.2) is 24.3 Å². The molecule has 5 heteroatoms. The van der Waals surface area contributed by atoms with Gasteiger partial charge in [-0.2, -0.15) is 5.26 Å². The number of ether oxygens (including phenoxy) is 1. The first-order valence-corrected chi connectivity index (χ1v) is 11.6. The van der Waals surface area contributed by atoms with Crippen LogP contribution in [0.3, 0.4) is 0 Å².